The summed E-state index contributed by atoms with van der Waals surface area (Å²) < 4.78 is 0. The van der Waals surface area contributed by atoms with Crippen molar-refractivity contribution < 1.29 is 0 Å². The molecule has 98 valence electrons. The Bertz CT molecular complexity index is 250. The molecule has 3 nitrogen and oxygen atoms in total. The Morgan fingerprint density at radius 2 is 1.82 bits per heavy atom. The smallest absolute Gasteiger partial charge is 0.0235 e. The van der Waals surface area contributed by atoms with Crippen LogP contribution in [0.25, 0.3) is 0 Å². The maximum atomic E-state index is 3.35. The van der Waals surface area contributed by atoms with Gasteiger partial charge in [0.05, 0.1) is 0 Å². The fourth-order valence-electron chi connectivity index (χ4n) is 4.01. The molecule has 3 fully saturated rings. The second-order valence-electron chi connectivity index (χ2n) is 6.14. The van der Waals surface area contributed by atoms with Crippen molar-refractivity contribution in [2.75, 3.05) is 39.8 Å². The lowest BCUT2D eigenvalue weighted by Gasteiger charge is -2.43. The van der Waals surface area contributed by atoms with E-state index in [1.165, 1.54) is 64.8 Å². The van der Waals surface area contributed by atoms with Crippen LogP contribution in [0, 0.1) is 5.92 Å². The van der Waals surface area contributed by atoms with E-state index in [1.54, 1.807) is 0 Å². The summed E-state index contributed by atoms with van der Waals surface area (Å²) >= 11 is 0. The zero-order valence-electron chi connectivity index (χ0n) is 11.2. The number of hydrogen-bond donors (Lipinski definition) is 1. The number of likely N-dealkylation sites (tertiary alicyclic amines) is 2. The van der Waals surface area contributed by atoms with E-state index >= 15 is 0 Å². The molecule has 0 aromatic carbocycles. The Hall–Kier alpha value is -0.120. The Morgan fingerprint density at radius 1 is 1.00 bits per heavy atom. The molecule has 0 radical (unpaired) electrons. The van der Waals surface area contributed by atoms with Crippen molar-refractivity contribution in [3.05, 3.63) is 0 Å². The van der Waals surface area contributed by atoms with Gasteiger partial charge in [0, 0.05) is 25.2 Å². The van der Waals surface area contributed by atoms with E-state index in [4.69, 9.17) is 0 Å². The fourth-order valence-corrected chi connectivity index (χ4v) is 4.01. The minimum atomic E-state index is 0.883. The van der Waals surface area contributed by atoms with Gasteiger partial charge in [0.2, 0.25) is 0 Å². The van der Waals surface area contributed by atoms with Gasteiger partial charge in [-0.2, -0.15) is 0 Å². The van der Waals surface area contributed by atoms with Crippen molar-refractivity contribution in [1.82, 2.24) is 15.1 Å². The average molecular weight is 237 g/mol. The van der Waals surface area contributed by atoms with E-state index in [-0.39, 0.29) is 0 Å². The largest absolute Gasteiger partial charge is 0.319 e. The van der Waals surface area contributed by atoms with Crippen LogP contribution in [0.4, 0.5) is 0 Å². The molecule has 0 amide bonds. The first-order valence-electron chi connectivity index (χ1n) is 7.51. The lowest BCUT2D eigenvalue weighted by Crippen LogP contribution is -2.50. The van der Waals surface area contributed by atoms with Gasteiger partial charge in [-0.15, -0.1) is 0 Å². The monoisotopic (exact) mass is 237 g/mol. The molecule has 3 unspecified atom stereocenters. The van der Waals surface area contributed by atoms with Crippen LogP contribution in [0.2, 0.25) is 0 Å². The van der Waals surface area contributed by atoms with E-state index in [0.717, 1.165) is 18.0 Å². The maximum Gasteiger partial charge on any atom is 0.0235 e. The summed E-state index contributed by atoms with van der Waals surface area (Å²) in [6.07, 6.45) is 7.17. The highest BCUT2D eigenvalue weighted by Crippen LogP contribution is 2.34. The second-order valence-corrected chi connectivity index (χ2v) is 6.14. The molecule has 17 heavy (non-hydrogen) atoms. The lowest BCUT2D eigenvalue weighted by molar-refractivity contribution is 0.0762. The minimum absolute atomic E-state index is 0.883. The van der Waals surface area contributed by atoms with Crippen molar-refractivity contribution in [3.63, 3.8) is 0 Å². The quantitative estimate of drug-likeness (QED) is 0.791. The predicted molar refractivity (Wildman–Crippen MR) is 71.2 cm³/mol. The Balaban J connectivity index is 1.50. The topological polar surface area (TPSA) is 18.5 Å². The molecular formula is C14H27N3. The summed E-state index contributed by atoms with van der Waals surface area (Å²) in [5.41, 5.74) is 0. The van der Waals surface area contributed by atoms with Crippen molar-refractivity contribution in [2.24, 2.45) is 5.92 Å². The Morgan fingerprint density at radius 3 is 2.47 bits per heavy atom. The van der Waals surface area contributed by atoms with Gasteiger partial charge in [-0.05, 0) is 64.7 Å². The van der Waals surface area contributed by atoms with Crippen molar-refractivity contribution in [2.45, 2.75) is 44.2 Å². The highest BCUT2D eigenvalue weighted by molar-refractivity contribution is 4.95. The van der Waals surface area contributed by atoms with E-state index in [9.17, 15) is 0 Å². The van der Waals surface area contributed by atoms with E-state index in [2.05, 4.69) is 22.2 Å². The van der Waals surface area contributed by atoms with Crippen LogP contribution in [0.1, 0.15) is 32.1 Å². The van der Waals surface area contributed by atoms with Gasteiger partial charge in [-0.25, -0.2) is 0 Å². The summed E-state index contributed by atoms with van der Waals surface area (Å²) in [4.78, 5) is 5.53. The molecule has 3 atom stereocenters. The summed E-state index contributed by atoms with van der Waals surface area (Å²) in [5.74, 6) is 0.928. The molecule has 1 N–H and O–H groups in total. The van der Waals surface area contributed by atoms with Gasteiger partial charge >= 0.3 is 0 Å². The molecule has 0 aromatic heterocycles. The Kier molecular flexibility index (Phi) is 3.69. The van der Waals surface area contributed by atoms with Gasteiger partial charge in [0.15, 0.2) is 0 Å². The first-order valence-corrected chi connectivity index (χ1v) is 7.51. The van der Waals surface area contributed by atoms with Crippen molar-refractivity contribution in [3.8, 4) is 0 Å². The molecule has 3 rings (SSSR count). The average Bonchev–Trinajstić information content (AvgIpc) is 2.93. The molecule has 2 aliphatic heterocycles. The fraction of sp³-hybridized carbons (Fsp3) is 1.00. The second kappa shape index (κ2) is 5.25. The normalized spacial score (nSPS) is 39.7. The van der Waals surface area contributed by atoms with Crippen LogP contribution in [0.5, 0.6) is 0 Å². The molecule has 2 heterocycles. The molecule has 0 aromatic rings. The molecule has 1 aliphatic carbocycles. The molecule has 3 aliphatic rings. The third-order valence-corrected chi connectivity index (χ3v) is 5.16. The summed E-state index contributed by atoms with van der Waals surface area (Å²) in [5, 5.41) is 3.35. The standard InChI is InChI=1S/C14H27N3/c1-15-10-12-4-5-14(12)17-9-6-13(11-17)16-7-2-3-8-16/h12-15H,2-11H2,1H3. The van der Waals surface area contributed by atoms with Gasteiger partial charge < -0.3 is 5.32 Å². The number of nitrogens with one attached hydrogen (secondary N) is 1. The zero-order valence-corrected chi connectivity index (χ0v) is 11.2. The molecule has 3 heteroatoms. The van der Waals surface area contributed by atoms with Crippen LogP contribution in [-0.2, 0) is 0 Å². The predicted octanol–water partition coefficient (Wildman–Crippen LogP) is 1.15. The molecule has 0 bridgehead atoms. The van der Waals surface area contributed by atoms with E-state index < -0.39 is 0 Å². The van der Waals surface area contributed by atoms with E-state index in [0.29, 0.717) is 0 Å². The Labute approximate surface area is 106 Å². The lowest BCUT2D eigenvalue weighted by atomic mass is 9.78. The first kappa shape index (κ1) is 11.9. The third kappa shape index (κ3) is 2.38. The van der Waals surface area contributed by atoms with Crippen molar-refractivity contribution in [1.29, 1.82) is 0 Å². The first-order chi connectivity index (χ1) is 8.38. The summed E-state index contributed by atoms with van der Waals surface area (Å²) in [7, 11) is 2.09. The molecule has 1 saturated carbocycles. The van der Waals surface area contributed by atoms with Crippen LogP contribution in [-0.4, -0.2) is 61.7 Å². The van der Waals surface area contributed by atoms with Gasteiger partial charge in [-0.1, -0.05) is 0 Å². The minimum Gasteiger partial charge on any atom is -0.319 e. The van der Waals surface area contributed by atoms with Crippen LogP contribution >= 0.6 is 0 Å². The van der Waals surface area contributed by atoms with Crippen LogP contribution < -0.4 is 5.32 Å². The summed E-state index contributed by atoms with van der Waals surface area (Å²) in [6, 6.07) is 1.78. The molecule has 2 saturated heterocycles. The van der Waals surface area contributed by atoms with Gasteiger partial charge in [0.25, 0.3) is 0 Å². The van der Waals surface area contributed by atoms with Gasteiger partial charge in [-0.3, -0.25) is 9.80 Å². The van der Waals surface area contributed by atoms with Crippen LogP contribution in [0.3, 0.4) is 0 Å². The highest BCUT2D eigenvalue weighted by atomic mass is 15.3. The SMILES string of the molecule is CNCC1CCC1N1CCC(N2CCCC2)C1. The number of hydrogen-bond acceptors (Lipinski definition) is 3. The van der Waals surface area contributed by atoms with Crippen LogP contribution in [0.15, 0.2) is 0 Å². The molecular weight excluding hydrogens is 210 g/mol. The van der Waals surface area contributed by atoms with Gasteiger partial charge in [0.1, 0.15) is 0 Å². The summed E-state index contributed by atoms with van der Waals surface area (Å²) in [6.45, 7) is 6.65. The molecule has 0 spiro atoms. The van der Waals surface area contributed by atoms with Crippen molar-refractivity contribution >= 4 is 0 Å². The zero-order chi connectivity index (χ0) is 11.7. The third-order valence-electron chi connectivity index (χ3n) is 5.16. The number of rotatable bonds is 4. The van der Waals surface area contributed by atoms with E-state index in [1.807, 2.05) is 0 Å². The highest BCUT2D eigenvalue weighted by Gasteiger charge is 2.39. The number of nitrogens with zero attached hydrogens (tertiary/aromatic N) is 2. The maximum absolute atomic E-state index is 3.35.